The predicted molar refractivity (Wildman–Crippen MR) is 98.5 cm³/mol. The molecular weight excluding hydrogens is 342 g/mol. The third-order valence-corrected chi connectivity index (χ3v) is 5.78. The molecule has 2 heterocycles. The lowest BCUT2D eigenvalue weighted by Crippen LogP contribution is -2.53. The minimum absolute atomic E-state index is 0. The second kappa shape index (κ2) is 9.74. The van der Waals surface area contributed by atoms with Crippen molar-refractivity contribution < 1.29 is 14.3 Å². The zero-order valence-corrected chi connectivity index (χ0v) is 15.8. The van der Waals surface area contributed by atoms with Crippen LogP contribution in [0.25, 0.3) is 0 Å². The van der Waals surface area contributed by atoms with Gasteiger partial charge in [0.15, 0.2) is 0 Å². The number of nitrogens with zero attached hydrogens (tertiary/aromatic N) is 2. The molecule has 0 spiro atoms. The number of ether oxygens (including phenoxy) is 1. The predicted octanol–water partition coefficient (Wildman–Crippen LogP) is 1.56. The van der Waals surface area contributed by atoms with Crippen LogP contribution in [0.15, 0.2) is 0 Å². The van der Waals surface area contributed by atoms with Gasteiger partial charge in [0, 0.05) is 39.1 Å². The number of nitrogens with two attached hydrogens (primary N) is 1. The van der Waals surface area contributed by atoms with E-state index in [2.05, 4.69) is 0 Å². The van der Waals surface area contributed by atoms with Crippen LogP contribution in [0.5, 0.6) is 0 Å². The average molecular weight is 374 g/mol. The molecule has 0 aromatic rings. The second-order valence-electron chi connectivity index (χ2n) is 7.47. The summed E-state index contributed by atoms with van der Waals surface area (Å²) in [5, 5.41) is 0. The third-order valence-electron chi connectivity index (χ3n) is 5.78. The highest BCUT2D eigenvalue weighted by atomic mass is 35.5. The summed E-state index contributed by atoms with van der Waals surface area (Å²) in [6.45, 7) is 3.05. The van der Waals surface area contributed by atoms with Crippen molar-refractivity contribution in [1.82, 2.24) is 9.80 Å². The van der Waals surface area contributed by atoms with Crippen molar-refractivity contribution in [2.45, 2.75) is 63.6 Å². The molecule has 0 aromatic heterocycles. The van der Waals surface area contributed by atoms with Gasteiger partial charge in [-0.3, -0.25) is 9.59 Å². The first kappa shape index (κ1) is 20.5. The van der Waals surface area contributed by atoms with Gasteiger partial charge in [0.1, 0.15) is 6.10 Å². The summed E-state index contributed by atoms with van der Waals surface area (Å²) in [7, 11) is 0. The third kappa shape index (κ3) is 5.31. The topological polar surface area (TPSA) is 75.9 Å². The SMILES string of the molecule is Cl.NC[C@H]1CC[C@@H](C(=O)N2CCN(C(=O)CC3CCCCC3)CC2)O1. The Morgan fingerprint density at radius 1 is 0.920 bits per heavy atom. The molecule has 3 fully saturated rings. The maximum Gasteiger partial charge on any atom is 0.251 e. The number of piperazine rings is 1. The Kier molecular flexibility index (Phi) is 7.97. The highest BCUT2D eigenvalue weighted by molar-refractivity contribution is 5.85. The average Bonchev–Trinajstić information content (AvgIpc) is 3.11. The molecule has 0 unspecified atom stereocenters. The highest BCUT2D eigenvalue weighted by Crippen LogP contribution is 2.27. The highest BCUT2D eigenvalue weighted by Gasteiger charge is 2.34. The smallest absolute Gasteiger partial charge is 0.251 e. The van der Waals surface area contributed by atoms with Gasteiger partial charge in [-0.15, -0.1) is 12.4 Å². The zero-order valence-electron chi connectivity index (χ0n) is 15.0. The van der Waals surface area contributed by atoms with Crippen LogP contribution in [0, 0.1) is 5.92 Å². The lowest BCUT2D eigenvalue weighted by Gasteiger charge is -2.36. The minimum Gasteiger partial charge on any atom is -0.364 e. The first-order chi connectivity index (χ1) is 11.7. The molecule has 7 heteroatoms. The fourth-order valence-electron chi connectivity index (χ4n) is 4.21. The van der Waals surface area contributed by atoms with Crippen LogP contribution < -0.4 is 5.73 Å². The number of hydrogen-bond donors (Lipinski definition) is 1. The van der Waals surface area contributed by atoms with E-state index in [0.29, 0.717) is 45.1 Å². The lowest BCUT2D eigenvalue weighted by molar-refractivity contribution is -0.147. The van der Waals surface area contributed by atoms with Gasteiger partial charge in [-0.1, -0.05) is 19.3 Å². The first-order valence-electron chi connectivity index (χ1n) is 9.59. The van der Waals surface area contributed by atoms with Crippen LogP contribution >= 0.6 is 12.4 Å². The maximum absolute atomic E-state index is 12.5. The van der Waals surface area contributed by atoms with E-state index in [9.17, 15) is 9.59 Å². The van der Waals surface area contributed by atoms with E-state index in [1.54, 1.807) is 0 Å². The number of hydrogen-bond acceptors (Lipinski definition) is 4. The van der Waals surface area contributed by atoms with Gasteiger partial charge < -0.3 is 20.3 Å². The molecule has 2 atom stereocenters. The van der Waals surface area contributed by atoms with Crippen molar-refractivity contribution in [2.75, 3.05) is 32.7 Å². The van der Waals surface area contributed by atoms with E-state index in [0.717, 1.165) is 12.8 Å². The molecule has 0 radical (unpaired) electrons. The summed E-state index contributed by atoms with van der Waals surface area (Å²) in [5.74, 6) is 0.922. The van der Waals surface area contributed by atoms with Gasteiger partial charge in [0.05, 0.1) is 6.10 Å². The molecule has 3 aliphatic rings. The number of halogens is 1. The molecule has 144 valence electrons. The van der Waals surface area contributed by atoms with Crippen LogP contribution in [0.2, 0.25) is 0 Å². The molecule has 2 N–H and O–H groups in total. The van der Waals surface area contributed by atoms with Gasteiger partial charge in [0.2, 0.25) is 5.91 Å². The Morgan fingerprint density at radius 3 is 2.16 bits per heavy atom. The monoisotopic (exact) mass is 373 g/mol. The van der Waals surface area contributed by atoms with Crippen LogP contribution in [0.1, 0.15) is 51.4 Å². The van der Waals surface area contributed by atoms with Gasteiger partial charge in [-0.05, 0) is 31.6 Å². The number of amides is 2. The van der Waals surface area contributed by atoms with Gasteiger partial charge >= 0.3 is 0 Å². The summed E-state index contributed by atoms with van der Waals surface area (Å²) in [5.41, 5.74) is 5.61. The molecule has 2 amide bonds. The van der Waals surface area contributed by atoms with Crippen molar-refractivity contribution in [3.8, 4) is 0 Å². The Hall–Kier alpha value is -0.850. The van der Waals surface area contributed by atoms with Crippen LogP contribution in [-0.4, -0.2) is 66.5 Å². The molecule has 0 aromatic carbocycles. The number of rotatable bonds is 4. The first-order valence-corrected chi connectivity index (χ1v) is 9.59. The molecule has 25 heavy (non-hydrogen) atoms. The molecular formula is C18H32ClN3O3. The molecule has 2 saturated heterocycles. The van der Waals surface area contributed by atoms with Crippen molar-refractivity contribution in [2.24, 2.45) is 11.7 Å². The molecule has 1 saturated carbocycles. The molecule has 0 bridgehead atoms. The fraction of sp³-hybridized carbons (Fsp3) is 0.889. The summed E-state index contributed by atoms with van der Waals surface area (Å²) in [4.78, 5) is 28.8. The minimum atomic E-state index is -0.331. The summed E-state index contributed by atoms with van der Waals surface area (Å²) in [6, 6.07) is 0. The van der Waals surface area contributed by atoms with E-state index in [4.69, 9.17) is 10.5 Å². The van der Waals surface area contributed by atoms with Crippen LogP contribution in [0.4, 0.5) is 0 Å². The molecule has 2 aliphatic heterocycles. The van der Waals surface area contributed by atoms with Gasteiger partial charge in [-0.25, -0.2) is 0 Å². The van der Waals surface area contributed by atoms with Gasteiger partial charge in [-0.2, -0.15) is 0 Å². The zero-order chi connectivity index (χ0) is 16.9. The molecule has 1 aliphatic carbocycles. The van der Waals surface area contributed by atoms with E-state index >= 15 is 0 Å². The van der Waals surface area contributed by atoms with Crippen molar-refractivity contribution >= 4 is 24.2 Å². The largest absolute Gasteiger partial charge is 0.364 e. The van der Waals surface area contributed by atoms with E-state index < -0.39 is 0 Å². The van der Waals surface area contributed by atoms with E-state index in [-0.39, 0.29) is 36.4 Å². The quantitative estimate of drug-likeness (QED) is 0.811. The Morgan fingerprint density at radius 2 is 1.56 bits per heavy atom. The Balaban J connectivity index is 0.00000225. The fourth-order valence-corrected chi connectivity index (χ4v) is 4.21. The van der Waals surface area contributed by atoms with Crippen molar-refractivity contribution in [3.63, 3.8) is 0 Å². The summed E-state index contributed by atoms with van der Waals surface area (Å²) < 4.78 is 5.70. The van der Waals surface area contributed by atoms with Crippen molar-refractivity contribution in [1.29, 1.82) is 0 Å². The molecule has 6 nitrogen and oxygen atoms in total. The lowest BCUT2D eigenvalue weighted by atomic mass is 9.86. The summed E-state index contributed by atoms with van der Waals surface area (Å²) in [6.07, 6.45) is 8.28. The summed E-state index contributed by atoms with van der Waals surface area (Å²) >= 11 is 0. The Bertz CT molecular complexity index is 449. The maximum atomic E-state index is 12.5. The van der Waals surface area contributed by atoms with E-state index in [1.807, 2.05) is 9.80 Å². The Labute approximate surface area is 156 Å². The second-order valence-corrected chi connectivity index (χ2v) is 7.47. The van der Waals surface area contributed by atoms with Crippen LogP contribution in [-0.2, 0) is 14.3 Å². The number of carbonyl (C=O) groups is 2. The standard InChI is InChI=1S/C18H31N3O3.ClH/c19-13-15-6-7-16(24-15)18(23)21-10-8-20(9-11-21)17(22)12-14-4-2-1-3-5-14;/h14-16H,1-13,19H2;1H/t15-,16+;/m1./s1. The van der Waals surface area contributed by atoms with Crippen molar-refractivity contribution in [3.05, 3.63) is 0 Å². The number of carbonyl (C=O) groups excluding carboxylic acids is 2. The normalized spacial score (nSPS) is 27.9. The van der Waals surface area contributed by atoms with Gasteiger partial charge in [0.25, 0.3) is 5.91 Å². The van der Waals surface area contributed by atoms with Crippen LogP contribution in [0.3, 0.4) is 0 Å². The van der Waals surface area contributed by atoms with E-state index in [1.165, 1.54) is 32.1 Å². The molecule has 3 rings (SSSR count).